The molecule has 0 aromatic heterocycles. The molecule has 0 aliphatic carbocycles. The highest BCUT2D eigenvalue weighted by atomic mass is 35.5. The number of anilines is 2. The molecule has 0 radical (unpaired) electrons. The van der Waals surface area contributed by atoms with Gasteiger partial charge in [-0.15, -0.1) is 12.4 Å². The maximum atomic E-state index is 11.7. The van der Waals surface area contributed by atoms with E-state index in [9.17, 15) is 13.2 Å². The van der Waals surface area contributed by atoms with Crippen molar-refractivity contribution in [2.24, 2.45) is 0 Å². The van der Waals surface area contributed by atoms with E-state index in [1.54, 1.807) is 24.3 Å². The van der Waals surface area contributed by atoms with Crippen molar-refractivity contribution < 1.29 is 17.9 Å². The Morgan fingerprint density at radius 3 is 2.55 bits per heavy atom. The molecule has 0 heterocycles. The van der Waals surface area contributed by atoms with Gasteiger partial charge in [0.25, 0.3) is 0 Å². The molecule has 126 valence electrons. The van der Waals surface area contributed by atoms with Gasteiger partial charge in [0.2, 0.25) is 15.9 Å². The summed E-state index contributed by atoms with van der Waals surface area (Å²) >= 11 is 0. The van der Waals surface area contributed by atoms with Gasteiger partial charge in [-0.25, -0.2) is 13.1 Å². The Hall–Kier alpha value is -1.35. The molecule has 4 N–H and O–H groups in total. The van der Waals surface area contributed by atoms with E-state index in [4.69, 9.17) is 10.5 Å². The smallest absolute Gasteiger partial charge is 0.239 e. The normalized spacial score (nSPS) is 11.0. The zero-order valence-electron chi connectivity index (χ0n) is 12.5. The number of hydrogen-bond donors (Lipinski definition) is 3. The summed E-state index contributed by atoms with van der Waals surface area (Å²) in [6.07, 6.45) is -0.0374. The van der Waals surface area contributed by atoms with Crippen molar-refractivity contribution in [3.8, 4) is 0 Å². The third-order valence-corrected chi connectivity index (χ3v) is 3.78. The topological polar surface area (TPSA) is 111 Å². The van der Waals surface area contributed by atoms with Crippen molar-refractivity contribution in [3.63, 3.8) is 0 Å². The number of nitrogens with two attached hydrogens (primary N) is 1. The van der Waals surface area contributed by atoms with Gasteiger partial charge in [-0.2, -0.15) is 0 Å². The molecule has 0 unspecified atom stereocenters. The second kappa shape index (κ2) is 9.62. The van der Waals surface area contributed by atoms with Gasteiger partial charge in [0, 0.05) is 0 Å². The first kappa shape index (κ1) is 20.6. The summed E-state index contributed by atoms with van der Waals surface area (Å²) in [6, 6.07) is 6.74. The average Bonchev–Trinajstić information content (AvgIpc) is 2.39. The van der Waals surface area contributed by atoms with Crippen LogP contribution in [0.15, 0.2) is 24.3 Å². The van der Waals surface area contributed by atoms with Crippen LogP contribution in [0.4, 0.5) is 11.4 Å². The van der Waals surface area contributed by atoms with E-state index in [0.29, 0.717) is 11.4 Å². The molecule has 1 rings (SSSR count). The van der Waals surface area contributed by atoms with Crippen molar-refractivity contribution in [1.29, 1.82) is 0 Å². The van der Waals surface area contributed by atoms with Crippen molar-refractivity contribution in [1.82, 2.24) is 4.72 Å². The number of nitrogen functional groups attached to an aromatic ring is 1. The third-order valence-electron chi connectivity index (χ3n) is 2.49. The number of nitrogens with one attached hydrogen (secondary N) is 2. The molecule has 7 nitrogen and oxygen atoms in total. The van der Waals surface area contributed by atoms with E-state index in [1.807, 2.05) is 13.8 Å². The van der Waals surface area contributed by atoms with Crippen LogP contribution in [0.3, 0.4) is 0 Å². The molecule has 0 spiro atoms. The molecule has 0 atom stereocenters. The SMILES string of the molecule is CC(C)OCCS(=O)(=O)NCC(=O)Nc1ccccc1N.Cl. The lowest BCUT2D eigenvalue weighted by Crippen LogP contribution is -2.35. The minimum absolute atomic E-state index is 0. The fourth-order valence-corrected chi connectivity index (χ4v) is 2.26. The van der Waals surface area contributed by atoms with Crippen LogP contribution in [0.2, 0.25) is 0 Å². The van der Waals surface area contributed by atoms with Crippen molar-refractivity contribution in [2.75, 3.05) is 30.0 Å². The Kier molecular flexibility index (Phi) is 9.03. The van der Waals surface area contributed by atoms with Gasteiger partial charge in [-0.1, -0.05) is 12.1 Å². The fraction of sp³-hybridized carbons (Fsp3) is 0.462. The number of para-hydroxylation sites is 2. The number of benzene rings is 1. The lowest BCUT2D eigenvalue weighted by atomic mass is 10.2. The summed E-state index contributed by atoms with van der Waals surface area (Å²) in [5.74, 6) is -0.674. The Labute approximate surface area is 137 Å². The van der Waals surface area contributed by atoms with Crippen LogP contribution < -0.4 is 15.8 Å². The summed E-state index contributed by atoms with van der Waals surface area (Å²) in [4.78, 5) is 11.7. The van der Waals surface area contributed by atoms with Crippen LogP contribution in [0, 0.1) is 0 Å². The van der Waals surface area contributed by atoms with Gasteiger partial charge in [-0.3, -0.25) is 4.79 Å². The summed E-state index contributed by atoms with van der Waals surface area (Å²) in [6.45, 7) is 3.37. The predicted octanol–water partition coefficient (Wildman–Crippen LogP) is 0.974. The quantitative estimate of drug-likeness (QED) is 0.604. The Balaban J connectivity index is 0.00000441. The van der Waals surface area contributed by atoms with Crippen molar-refractivity contribution in [3.05, 3.63) is 24.3 Å². The third kappa shape index (κ3) is 8.18. The lowest BCUT2D eigenvalue weighted by molar-refractivity contribution is -0.115. The standard InChI is InChI=1S/C13H21N3O4S.ClH/c1-10(2)20-7-8-21(18,19)15-9-13(17)16-12-6-4-3-5-11(12)14;/h3-6,10,15H,7-9,14H2,1-2H3,(H,16,17);1H. The summed E-state index contributed by atoms with van der Waals surface area (Å²) in [5.41, 5.74) is 6.54. The molecule has 0 aliphatic heterocycles. The zero-order valence-corrected chi connectivity index (χ0v) is 14.2. The van der Waals surface area contributed by atoms with Crippen LogP contribution in [0.25, 0.3) is 0 Å². The van der Waals surface area contributed by atoms with Crippen LogP contribution in [0.5, 0.6) is 0 Å². The van der Waals surface area contributed by atoms with Crippen molar-refractivity contribution >= 4 is 39.7 Å². The van der Waals surface area contributed by atoms with Crippen LogP contribution in [0.1, 0.15) is 13.8 Å². The molecule has 0 saturated carbocycles. The van der Waals surface area contributed by atoms with E-state index >= 15 is 0 Å². The zero-order chi connectivity index (χ0) is 15.9. The minimum atomic E-state index is -3.54. The van der Waals surface area contributed by atoms with Gasteiger partial charge in [0.15, 0.2) is 0 Å². The summed E-state index contributed by atoms with van der Waals surface area (Å²) < 4.78 is 30.7. The molecular formula is C13H22ClN3O4S. The highest BCUT2D eigenvalue weighted by Gasteiger charge is 2.13. The molecule has 0 fully saturated rings. The van der Waals surface area contributed by atoms with Gasteiger partial charge < -0.3 is 15.8 Å². The minimum Gasteiger partial charge on any atom is -0.397 e. The number of ether oxygens (including phenoxy) is 1. The molecule has 1 aromatic rings. The van der Waals surface area contributed by atoms with Crippen molar-refractivity contribution in [2.45, 2.75) is 20.0 Å². The van der Waals surface area contributed by atoms with E-state index in [2.05, 4.69) is 10.0 Å². The molecular weight excluding hydrogens is 330 g/mol. The number of carbonyl (C=O) groups is 1. The second-order valence-corrected chi connectivity index (χ2v) is 6.62. The van der Waals surface area contributed by atoms with Gasteiger partial charge in [0.05, 0.1) is 36.4 Å². The first-order valence-electron chi connectivity index (χ1n) is 6.53. The molecule has 1 amide bonds. The van der Waals surface area contributed by atoms with Crippen LogP contribution in [-0.2, 0) is 19.6 Å². The first-order valence-corrected chi connectivity index (χ1v) is 8.18. The maximum absolute atomic E-state index is 11.7. The lowest BCUT2D eigenvalue weighted by Gasteiger charge is -2.10. The number of halogens is 1. The molecule has 0 bridgehead atoms. The Morgan fingerprint density at radius 1 is 1.32 bits per heavy atom. The maximum Gasteiger partial charge on any atom is 0.239 e. The molecule has 1 aromatic carbocycles. The van der Waals surface area contributed by atoms with Gasteiger partial charge in [0.1, 0.15) is 0 Å². The van der Waals surface area contributed by atoms with E-state index in [-0.39, 0.29) is 37.4 Å². The molecule has 9 heteroatoms. The first-order chi connectivity index (χ1) is 9.80. The second-order valence-electron chi connectivity index (χ2n) is 4.69. The van der Waals surface area contributed by atoms with Gasteiger partial charge in [-0.05, 0) is 26.0 Å². The highest BCUT2D eigenvalue weighted by Crippen LogP contribution is 2.16. The largest absolute Gasteiger partial charge is 0.397 e. The summed E-state index contributed by atoms with van der Waals surface area (Å²) in [7, 11) is -3.54. The Bertz CT molecular complexity index is 578. The average molecular weight is 352 g/mol. The van der Waals surface area contributed by atoms with Crippen LogP contribution in [-0.4, -0.2) is 39.3 Å². The fourth-order valence-electron chi connectivity index (χ4n) is 1.45. The monoisotopic (exact) mass is 351 g/mol. The summed E-state index contributed by atoms with van der Waals surface area (Å²) in [5, 5.41) is 2.53. The van der Waals surface area contributed by atoms with E-state index in [0.717, 1.165) is 0 Å². The Morgan fingerprint density at radius 2 is 1.95 bits per heavy atom. The number of rotatable bonds is 8. The number of carbonyl (C=O) groups excluding carboxylic acids is 1. The van der Waals surface area contributed by atoms with Crippen LogP contribution >= 0.6 is 12.4 Å². The predicted molar refractivity (Wildman–Crippen MR) is 89.6 cm³/mol. The number of sulfonamides is 1. The van der Waals surface area contributed by atoms with Gasteiger partial charge >= 0.3 is 0 Å². The van der Waals surface area contributed by atoms with E-state index < -0.39 is 15.9 Å². The molecule has 0 aliphatic rings. The number of amides is 1. The highest BCUT2D eigenvalue weighted by molar-refractivity contribution is 7.89. The van der Waals surface area contributed by atoms with E-state index in [1.165, 1.54) is 0 Å². The number of hydrogen-bond acceptors (Lipinski definition) is 5. The molecule has 22 heavy (non-hydrogen) atoms. The molecule has 0 saturated heterocycles.